The van der Waals surface area contributed by atoms with Crippen LogP contribution in [0.2, 0.25) is 0 Å². The quantitative estimate of drug-likeness (QED) is 0.191. The molecule has 0 N–H and O–H groups in total. The molecule has 7 atom stereocenters. The minimum absolute atomic E-state index is 0.394. The molecule has 0 amide bonds. The van der Waals surface area contributed by atoms with Crippen LogP contribution in [-0.4, -0.2) is 0 Å². The zero-order valence-corrected chi connectivity index (χ0v) is 30.3. The van der Waals surface area contributed by atoms with Gasteiger partial charge in [-0.1, -0.05) is 122 Å². The lowest BCUT2D eigenvalue weighted by atomic mass is 9.65. The monoisotopic (exact) mass is 671 g/mol. The van der Waals surface area contributed by atoms with E-state index in [1.54, 1.807) is 27.9 Å². The third kappa shape index (κ3) is 4.86. The van der Waals surface area contributed by atoms with E-state index < -0.39 is 0 Å². The van der Waals surface area contributed by atoms with Gasteiger partial charge in [0, 0.05) is 11.8 Å². The standard InChI is InChI=1S/C52H47/c1-32-22-23-35-16-7-8-17-39(35)50(32)38-27-26-37-28-44(33-14-5-6-15-33)49-31-48-41-19-10-9-18-40(41)42-20-11-21-43(51(42)48)52(49)47(34-12-3-2-4-13-34)30-46(36-24-25-36)45(37)29-38/h2-5,7-8,10-14,16-17,19-21,24,27-28,30-33,35-37,45-46H,6,9,15,18,22-23,26,29H2,1H3/q-1/b44-28+,47-30+. The first-order valence-electron chi connectivity index (χ1n) is 20.3. The lowest BCUT2D eigenvalue weighted by Crippen LogP contribution is -2.29. The van der Waals surface area contributed by atoms with E-state index in [0.717, 1.165) is 25.7 Å². The molecule has 0 saturated carbocycles. The second-order valence-corrected chi connectivity index (χ2v) is 16.7. The Morgan fingerprint density at radius 2 is 1.71 bits per heavy atom. The van der Waals surface area contributed by atoms with Gasteiger partial charge in [-0.25, -0.2) is 0 Å². The third-order valence-electron chi connectivity index (χ3n) is 13.9. The molecule has 0 nitrogen and oxygen atoms in total. The number of hydrogen-bond donors (Lipinski definition) is 0. The summed E-state index contributed by atoms with van der Waals surface area (Å²) in [6, 6.07) is 21.2. The summed E-state index contributed by atoms with van der Waals surface area (Å²) >= 11 is 0. The predicted molar refractivity (Wildman–Crippen MR) is 219 cm³/mol. The summed E-state index contributed by atoms with van der Waals surface area (Å²) in [6.07, 6.45) is 43.1. The second-order valence-electron chi connectivity index (χ2n) is 16.7. The van der Waals surface area contributed by atoms with Crippen LogP contribution in [0.1, 0.15) is 86.1 Å². The molecule has 0 aromatic heterocycles. The Bertz CT molecular complexity index is 2330. The van der Waals surface area contributed by atoms with Crippen molar-refractivity contribution >= 4 is 33.1 Å². The van der Waals surface area contributed by atoms with Crippen LogP contribution in [0.3, 0.4) is 0 Å². The van der Waals surface area contributed by atoms with Gasteiger partial charge in [0.25, 0.3) is 0 Å². The fourth-order valence-corrected chi connectivity index (χ4v) is 11.4. The highest BCUT2D eigenvalue weighted by atomic mass is 14.4. The second kappa shape index (κ2) is 12.2. The van der Waals surface area contributed by atoms with Gasteiger partial charge >= 0.3 is 0 Å². The van der Waals surface area contributed by atoms with Gasteiger partial charge in [-0.3, -0.25) is 6.08 Å². The number of benzene rings is 3. The van der Waals surface area contributed by atoms with Gasteiger partial charge in [0.05, 0.1) is 0 Å². The summed E-state index contributed by atoms with van der Waals surface area (Å²) in [7, 11) is 0. The van der Waals surface area contributed by atoms with Crippen molar-refractivity contribution in [3.63, 3.8) is 0 Å². The number of allylic oxidation sites excluding steroid dienone is 19. The molecule has 0 aliphatic heterocycles. The molecule has 0 heteroatoms. The molecule has 8 aliphatic carbocycles. The Hall–Kier alpha value is -4.68. The molecule has 0 fully saturated rings. The smallest absolute Gasteiger partial charge is 0.00242 e. The number of hydrogen-bond acceptors (Lipinski definition) is 0. The summed E-state index contributed by atoms with van der Waals surface area (Å²) in [6.45, 7) is 2.49. The van der Waals surface area contributed by atoms with Gasteiger partial charge in [0.1, 0.15) is 0 Å². The first-order valence-corrected chi connectivity index (χ1v) is 20.3. The van der Waals surface area contributed by atoms with Gasteiger partial charge in [-0.15, -0.1) is 0 Å². The van der Waals surface area contributed by atoms with Gasteiger partial charge in [-0.2, -0.15) is 5.92 Å². The fraction of sp³-hybridized carbons (Fsp3) is 0.308. The van der Waals surface area contributed by atoms with Crippen molar-refractivity contribution in [1.29, 1.82) is 0 Å². The highest BCUT2D eigenvalue weighted by Gasteiger charge is 2.39. The van der Waals surface area contributed by atoms with Crippen LogP contribution in [0, 0.1) is 47.5 Å². The van der Waals surface area contributed by atoms with Crippen LogP contribution in [-0.2, 0) is 0 Å². The lowest BCUT2D eigenvalue weighted by Gasteiger charge is -2.41. The van der Waals surface area contributed by atoms with Crippen molar-refractivity contribution in [2.45, 2.75) is 58.3 Å². The van der Waals surface area contributed by atoms with E-state index in [4.69, 9.17) is 0 Å². The molecule has 256 valence electrons. The Morgan fingerprint density at radius 3 is 2.58 bits per heavy atom. The van der Waals surface area contributed by atoms with E-state index in [1.807, 2.05) is 0 Å². The summed E-state index contributed by atoms with van der Waals surface area (Å²) in [5.41, 5.74) is 18.1. The zero-order chi connectivity index (χ0) is 34.3. The highest BCUT2D eigenvalue weighted by Crippen LogP contribution is 2.55. The molecule has 3 aromatic rings. The van der Waals surface area contributed by atoms with Crippen molar-refractivity contribution in [2.75, 3.05) is 0 Å². The van der Waals surface area contributed by atoms with Crippen LogP contribution < -0.4 is 0 Å². The van der Waals surface area contributed by atoms with E-state index in [1.165, 1.54) is 75.4 Å². The Kier molecular flexibility index (Phi) is 7.25. The Labute approximate surface area is 309 Å². The molecule has 8 aliphatic rings. The van der Waals surface area contributed by atoms with Crippen molar-refractivity contribution < 1.29 is 0 Å². The van der Waals surface area contributed by atoms with E-state index in [2.05, 4.69) is 141 Å². The molecule has 0 spiro atoms. The zero-order valence-electron chi connectivity index (χ0n) is 30.3. The van der Waals surface area contributed by atoms with Crippen molar-refractivity contribution in [3.05, 3.63) is 178 Å². The average molecular weight is 672 g/mol. The minimum Gasteiger partial charge on any atom is -0.498 e. The summed E-state index contributed by atoms with van der Waals surface area (Å²) in [4.78, 5) is 0. The molecule has 11 rings (SSSR count). The minimum atomic E-state index is 0.394. The van der Waals surface area contributed by atoms with Gasteiger partial charge in [0.15, 0.2) is 0 Å². The van der Waals surface area contributed by atoms with Crippen LogP contribution in [0.25, 0.3) is 33.1 Å². The van der Waals surface area contributed by atoms with Crippen LogP contribution >= 0.6 is 0 Å². The third-order valence-corrected chi connectivity index (χ3v) is 13.9. The Morgan fingerprint density at radius 1 is 0.788 bits per heavy atom. The van der Waals surface area contributed by atoms with E-state index >= 15 is 0 Å². The molecule has 0 bridgehead atoms. The first-order chi connectivity index (χ1) is 25.7. The molecule has 0 radical (unpaired) electrons. The summed E-state index contributed by atoms with van der Waals surface area (Å²) < 4.78 is 0. The van der Waals surface area contributed by atoms with Gasteiger partial charge in [-0.05, 0) is 159 Å². The normalized spacial score (nSPS) is 32.9. The summed E-state index contributed by atoms with van der Waals surface area (Å²) in [5, 5.41) is 2.90. The maximum Gasteiger partial charge on any atom is 0.00242 e. The highest BCUT2D eigenvalue weighted by molar-refractivity contribution is 6.20. The number of rotatable bonds is 4. The summed E-state index contributed by atoms with van der Waals surface area (Å²) in [5.74, 6) is 3.41. The van der Waals surface area contributed by atoms with E-state index in [-0.39, 0.29) is 0 Å². The predicted octanol–water partition coefficient (Wildman–Crippen LogP) is 13.2. The molecule has 3 aromatic carbocycles. The topological polar surface area (TPSA) is 0 Å². The van der Waals surface area contributed by atoms with Crippen LogP contribution in [0.15, 0.2) is 144 Å². The van der Waals surface area contributed by atoms with Crippen LogP contribution in [0.4, 0.5) is 0 Å². The largest absolute Gasteiger partial charge is 0.498 e. The first kappa shape index (κ1) is 30.9. The molecular weight excluding hydrogens is 625 g/mol. The Balaban J connectivity index is 1.17. The van der Waals surface area contributed by atoms with Crippen LogP contribution in [0.5, 0.6) is 0 Å². The molecule has 52 heavy (non-hydrogen) atoms. The number of fused-ring (bicyclic) bond motifs is 6. The van der Waals surface area contributed by atoms with E-state index in [0.29, 0.717) is 41.4 Å². The maximum atomic E-state index is 3.75. The molecule has 7 unspecified atom stereocenters. The fourth-order valence-electron chi connectivity index (χ4n) is 11.4. The van der Waals surface area contributed by atoms with Gasteiger partial charge < -0.3 is 6.08 Å². The van der Waals surface area contributed by atoms with Gasteiger partial charge in [0.2, 0.25) is 0 Å². The van der Waals surface area contributed by atoms with E-state index in [9.17, 15) is 0 Å². The molecule has 0 saturated heterocycles. The molecule has 0 heterocycles. The lowest BCUT2D eigenvalue weighted by molar-refractivity contribution is 0.273. The average Bonchev–Trinajstić information content (AvgIpc) is 3.77. The van der Waals surface area contributed by atoms with Crippen molar-refractivity contribution in [2.24, 2.45) is 41.4 Å². The maximum absolute atomic E-state index is 3.75. The van der Waals surface area contributed by atoms with Crippen molar-refractivity contribution in [1.82, 2.24) is 0 Å². The van der Waals surface area contributed by atoms with Crippen molar-refractivity contribution in [3.8, 4) is 0 Å². The molecular formula is C52H47-. The SMILES string of the molecule is CC1CCC2C=CC=CC2=C1C1=CCC2/C=C(\C3C=CCC3)c3cc4c5c(cccc5c3/C(c3ccccc3)=C/C(C3[C-]=C3)C2C1)C1=C4C=CCC1.